The average Bonchev–Trinajstić information content (AvgIpc) is 2.34. The summed E-state index contributed by atoms with van der Waals surface area (Å²) in [5.74, 6) is -2.99. The van der Waals surface area contributed by atoms with Gasteiger partial charge in [-0.25, -0.2) is 9.59 Å². The van der Waals surface area contributed by atoms with E-state index in [4.69, 9.17) is 10.2 Å². The molecule has 96 valence electrons. The average molecular weight is 248 g/mol. The van der Waals surface area contributed by atoms with Gasteiger partial charge in [-0.3, -0.25) is 0 Å². The molecule has 0 saturated carbocycles. The van der Waals surface area contributed by atoms with Gasteiger partial charge in [-0.2, -0.15) is 0 Å². The molecule has 0 aromatic heterocycles. The van der Waals surface area contributed by atoms with Gasteiger partial charge in [0.25, 0.3) is 0 Å². The number of carboxylic acids is 2. The van der Waals surface area contributed by atoms with Crippen molar-refractivity contribution in [3.8, 4) is 0 Å². The van der Waals surface area contributed by atoms with E-state index < -0.39 is 17.5 Å². The van der Waals surface area contributed by atoms with Gasteiger partial charge in [0, 0.05) is 5.92 Å². The standard InChI is InChI=1S/C14H16O4/c1-2-6-11(10-7-4-3-5-8-10)9-12(13(15)16)14(17)18/h3-5,7-9,11H,2,6H2,1H3,(H,15,16)(H,17,18). The molecule has 0 saturated heterocycles. The van der Waals surface area contributed by atoms with E-state index in [0.29, 0.717) is 6.42 Å². The van der Waals surface area contributed by atoms with E-state index in [9.17, 15) is 9.59 Å². The van der Waals surface area contributed by atoms with Gasteiger partial charge in [-0.1, -0.05) is 49.8 Å². The fourth-order valence-electron chi connectivity index (χ4n) is 1.79. The Morgan fingerprint density at radius 3 is 2.17 bits per heavy atom. The maximum Gasteiger partial charge on any atom is 0.342 e. The molecule has 4 nitrogen and oxygen atoms in total. The summed E-state index contributed by atoms with van der Waals surface area (Å²) in [4.78, 5) is 21.7. The summed E-state index contributed by atoms with van der Waals surface area (Å²) >= 11 is 0. The third-order valence-electron chi connectivity index (χ3n) is 2.66. The molecule has 0 aliphatic heterocycles. The highest BCUT2D eigenvalue weighted by atomic mass is 16.4. The quantitative estimate of drug-likeness (QED) is 0.461. The lowest BCUT2D eigenvalue weighted by Crippen LogP contribution is -2.13. The Labute approximate surface area is 106 Å². The number of allylic oxidation sites excluding steroid dienone is 1. The van der Waals surface area contributed by atoms with Gasteiger partial charge in [0.1, 0.15) is 5.57 Å². The molecule has 4 heteroatoms. The molecular weight excluding hydrogens is 232 g/mol. The van der Waals surface area contributed by atoms with E-state index in [1.54, 1.807) is 0 Å². The van der Waals surface area contributed by atoms with Crippen LogP contribution in [0.15, 0.2) is 42.0 Å². The predicted molar refractivity (Wildman–Crippen MR) is 67.4 cm³/mol. The monoisotopic (exact) mass is 248 g/mol. The number of carboxylic acid groups (broad SMARTS) is 2. The van der Waals surface area contributed by atoms with Crippen molar-refractivity contribution in [2.24, 2.45) is 0 Å². The zero-order chi connectivity index (χ0) is 13.5. The molecule has 1 aromatic carbocycles. The zero-order valence-corrected chi connectivity index (χ0v) is 10.2. The number of rotatable bonds is 6. The first kappa shape index (κ1) is 14.0. The lowest BCUT2D eigenvalue weighted by atomic mass is 9.92. The number of hydrogen-bond acceptors (Lipinski definition) is 2. The molecule has 0 aliphatic rings. The van der Waals surface area contributed by atoms with Gasteiger partial charge < -0.3 is 10.2 Å². The van der Waals surface area contributed by atoms with Gasteiger partial charge in [-0.15, -0.1) is 0 Å². The molecule has 2 N–H and O–H groups in total. The fourth-order valence-corrected chi connectivity index (χ4v) is 1.79. The van der Waals surface area contributed by atoms with Crippen LogP contribution in [0.5, 0.6) is 0 Å². The molecule has 18 heavy (non-hydrogen) atoms. The molecule has 0 aliphatic carbocycles. The molecule has 1 unspecified atom stereocenters. The molecular formula is C14H16O4. The highest BCUT2D eigenvalue weighted by molar-refractivity contribution is 6.12. The van der Waals surface area contributed by atoms with Crippen molar-refractivity contribution in [2.45, 2.75) is 25.7 Å². The Kier molecular flexibility index (Phi) is 5.11. The van der Waals surface area contributed by atoms with Crippen LogP contribution >= 0.6 is 0 Å². The van der Waals surface area contributed by atoms with Crippen LogP contribution in [-0.2, 0) is 9.59 Å². The Balaban J connectivity index is 3.09. The Morgan fingerprint density at radius 2 is 1.72 bits per heavy atom. The van der Waals surface area contributed by atoms with Crippen molar-refractivity contribution >= 4 is 11.9 Å². The van der Waals surface area contributed by atoms with Crippen LogP contribution in [0.25, 0.3) is 0 Å². The lowest BCUT2D eigenvalue weighted by molar-refractivity contribution is -0.140. The van der Waals surface area contributed by atoms with E-state index in [1.807, 2.05) is 37.3 Å². The van der Waals surface area contributed by atoms with Gasteiger partial charge >= 0.3 is 11.9 Å². The van der Waals surface area contributed by atoms with Crippen molar-refractivity contribution in [1.29, 1.82) is 0 Å². The fraction of sp³-hybridized carbons (Fsp3) is 0.286. The summed E-state index contributed by atoms with van der Waals surface area (Å²) in [6.45, 7) is 1.98. The van der Waals surface area contributed by atoms with Crippen molar-refractivity contribution in [3.63, 3.8) is 0 Å². The van der Waals surface area contributed by atoms with Crippen LogP contribution < -0.4 is 0 Å². The van der Waals surface area contributed by atoms with E-state index in [-0.39, 0.29) is 5.92 Å². The number of aliphatic carboxylic acids is 2. The molecule has 0 bridgehead atoms. The van der Waals surface area contributed by atoms with Crippen LogP contribution in [0.2, 0.25) is 0 Å². The topological polar surface area (TPSA) is 74.6 Å². The second-order valence-electron chi connectivity index (χ2n) is 4.00. The number of carbonyl (C=O) groups is 2. The summed E-state index contributed by atoms with van der Waals surface area (Å²) in [6.07, 6.45) is 2.89. The second kappa shape index (κ2) is 6.59. The molecule has 0 heterocycles. The molecule has 1 atom stereocenters. The van der Waals surface area contributed by atoms with Gasteiger partial charge in [-0.05, 0) is 12.0 Å². The highest BCUT2D eigenvalue weighted by Crippen LogP contribution is 2.24. The SMILES string of the molecule is CCCC(C=C(C(=O)O)C(=O)O)c1ccccc1. The Hall–Kier alpha value is -2.10. The van der Waals surface area contributed by atoms with Crippen LogP contribution in [0.3, 0.4) is 0 Å². The molecule has 1 rings (SSSR count). The third kappa shape index (κ3) is 3.73. The Bertz CT molecular complexity index is 432. The maximum atomic E-state index is 10.9. The van der Waals surface area contributed by atoms with Crippen LogP contribution in [0, 0.1) is 0 Å². The van der Waals surface area contributed by atoms with E-state index >= 15 is 0 Å². The summed E-state index contributed by atoms with van der Waals surface area (Å²) in [7, 11) is 0. The molecule has 0 fully saturated rings. The second-order valence-corrected chi connectivity index (χ2v) is 4.00. The molecule has 0 radical (unpaired) electrons. The predicted octanol–water partition coefficient (Wildman–Crippen LogP) is 2.67. The van der Waals surface area contributed by atoms with Crippen LogP contribution in [-0.4, -0.2) is 22.2 Å². The van der Waals surface area contributed by atoms with Crippen molar-refractivity contribution in [1.82, 2.24) is 0 Å². The Morgan fingerprint density at radius 1 is 1.17 bits per heavy atom. The van der Waals surface area contributed by atoms with Crippen molar-refractivity contribution in [2.75, 3.05) is 0 Å². The summed E-state index contributed by atoms with van der Waals surface area (Å²) in [6, 6.07) is 9.32. The zero-order valence-electron chi connectivity index (χ0n) is 10.2. The third-order valence-corrected chi connectivity index (χ3v) is 2.66. The van der Waals surface area contributed by atoms with Crippen LogP contribution in [0.1, 0.15) is 31.2 Å². The molecule has 0 spiro atoms. The van der Waals surface area contributed by atoms with E-state index in [0.717, 1.165) is 12.0 Å². The van der Waals surface area contributed by atoms with Gasteiger partial charge in [0.15, 0.2) is 0 Å². The minimum absolute atomic E-state index is 0.182. The summed E-state index contributed by atoms with van der Waals surface area (Å²) in [5.41, 5.74) is 0.358. The maximum absolute atomic E-state index is 10.9. The minimum Gasteiger partial charge on any atom is -0.477 e. The van der Waals surface area contributed by atoms with Crippen LogP contribution in [0.4, 0.5) is 0 Å². The number of hydrogen-bond donors (Lipinski definition) is 2. The lowest BCUT2D eigenvalue weighted by Gasteiger charge is -2.12. The van der Waals surface area contributed by atoms with Gasteiger partial charge in [0.2, 0.25) is 0 Å². The van der Waals surface area contributed by atoms with Crippen molar-refractivity contribution in [3.05, 3.63) is 47.5 Å². The first-order valence-electron chi connectivity index (χ1n) is 5.79. The van der Waals surface area contributed by atoms with E-state index in [2.05, 4.69) is 0 Å². The normalized spacial score (nSPS) is 11.6. The first-order chi connectivity index (χ1) is 8.56. The smallest absolute Gasteiger partial charge is 0.342 e. The summed E-state index contributed by atoms with van der Waals surface area (Å²) in [5, 5.41) is 17.7. The summed E-state index contributed by atoms with van der Waals surface area (Å²) < 4.78 is 0. The molecule has 0 amide bonds. The number of benzene rings is 1. The largest absolute Gasteiger partial charge is 0.477 e. The first-order valence-corrected chi connectivity index (χ1v) is 5.79. The van der Waals surface area contributed by atoms with E-state index in [1.165, 1.54) is 6.08 Å². The van der Waals surface area contributed by atoms with Gasteiger partial charge in [0.05, 0.1) is 0 Å². The minimum atomic E-state index is -1.40. The van der Waals surface area contributed by atoms with Crippen molar-refractivity contribution < 1.29 is 19.8 Å². The highest BCUT2D eigenvalue weighted by Gasteiger charge is 2.19. The molecule has 1 aromatic rings.